The molecule has 0 aromatic heterocycles. The van der Waals surface area contributed by atoms with E-state index >= 15 is 0 Å². The second-order valence-electron chi connectivity index (χ2n) is 5.29. The zero-order chi connectivity index (χ0) is 13.0. The van der Waals surface area contributed by atoms with Gasteiger partial charge in [-0.3, -0.25) is 9.59 Å². The molecule has 2 heterocycles. The van der Waals surface area contributed by atoms with Gasteiger partial charge in [0, 0.05) is 26.1 Å². The average Bonchev–Trinajstić information content (AvgIpc) is 2.78. The van der Waals surface area contributed by atoms with Crippen LogP contribution in [0.1, 0.15) is 26.2 Å². The first-order chi connectivity index (χ1) is 8.70. The lowest BCUT2D eigenvalue weighted by molar-refractivity contribution is -0.128. The van der Waals surface area contributed by atoms with Gasteiger partial charge in [0.15, 0.2) is 0 Å². The first kappa shape index (κ1) is 13.3. The van der Waals surface area contributed by atoms with E-state index in [1.807, 2.05) is 6.92 Å². The molecule has 2 unspecified atom stereocenters. The zero-order valence-corrected chi connectivity index (χ0v) is 11.1. The number of hydrogen-bond donors (Lipinski definition) is 2. The van der Waals surface area contributed by atoms with E-state index in [2.05, 4.69) is 10.6 Å². The SMILES string of the molecule is CCN1CC(C(=O)NCC2CCCNC2)CC1=O. The van der Waals surface area contributed by atoms with Gasteiger partial charge in [0.1, 0.15) is 0 Å². The molecular formula is C13H23N3O2. The molecule has 0 radical (unpaired) electrons. The number of likely N-dealkylation sites (tertiary alicyclic amines) is 1. The monoisotopic (exact) mass is 253 g/mol. The number of carbonyl (C=O) groups is 2. The fraction of sp³-hybridized carbons (Fsp3) is 0.846. The second kappa shape index (κ2) is 6.18. The quantitative estimate of drug-likeness (QED) is 0.739. The summed E-state index contributed by atoms with van der Waals surface area (Å²) < 4.78 is 0. The van der Waals surface area contributed by atoms with E-state index in [1.54, 1.807) is 4.90 Å². The van der Waals surface area contributed by atoms with E-state index in [-0.39, 0.29) is 17.7 Å². The molecule has 0 spiro atoms. The largest absolute Gasteiger partial charge is 0.355 e. The highest BCUT2D eigenvalue weighted by Crippen LogP contribution is 2.17. The van der Waals surface area contributed by atoms with Gasteiger partial charge in [0.2, 0.25) is 11.8 Å². The fourth-order valence-corrected chi connectivity index (χ4v) is 2.74. The summed E-state index contributed by atoms with van der Waals surface area (Å²) in [6.45, 7) is 6.06. The molecule has 0 aromatic carbocycles. The lowest BCUT2D eigenvalue weighted by Gasteiger charge is -2.23. The third-order valence-electron chi connectivity index (χ3n) is 3.93. The van der Waals surface area contributed by atoms with E-state index < -0.39 is 0 Å². The Labute approximate surface area is 108 Å². The molecule has 0 bridgehead atoms. The van der Waals surface area contributed by atoms with Gasteiger partial charge >= 0.3 is 0 Å². The van der Waals surface area contributed by atoms with Crippen molar-refractivity contribution in [2.24, 2.45) is 11.8 Å². The minimum atomic E-state index is -0.144. The highest BCUT2D eigenvalue weighted by atomic mass is 16.2. The van der Waals surface area contributed by atoms with Gasteiger partial charge in [-0.25, -0.2) is 0 Å². The molecule has 2 amide bonds. The molecule has 2 N–H and O–H groups in total. The van der Waals surface area contributed by atoms with Crippen molar-refractivity contribution in [2.75, 3.05) is 32.7 Å². The van der Waals surface area contributed by atoms with Crippen LogP contribution in [0.2, 0.25) is 0 Å². The highest BCUT2D eigenvalue weighted by molar-refractivity contribution is 5.89. The molecular weight excluding hydrogens is 230 g/mol. The number of rotatable bonds is 4. The summed E-state index contributed by atoms with van der Waals surface area (Å²) in [5, 5.41) is 6.34. The molecule has 2 rings (SSSR count). The minimum Gasteiger partial charge on any atom is -0.355 e. The highest BCUT2D eigenvalue weighted by Gasteiger charge is 2.33. The summed E-state index contributed by atoms with van der Waals surface area (Å²) in [5.41, 5.74) is 0. The summed E-state index contributed by atoms with van der Waals surface area (Å²) >= 11 is 0. The molecule has 2 aliphatic rings. The Morgan fingerprint density at radius 3 is 3.00 bits per heavy atom. The van der Waals surface area contributed by atoms with Crippen molar-refractivity contribution in [3.63, 3.8) is 0 Å². The molecule has 2 saturated heterocycles. The molecule has 0 aromatic rings. The summed E-state index contributed by atoms with van der Waals surface area (Å²) in [6, 6.07) is 0. The van der Waals surface area contributed by atoms with Crippen LogP contribution in [-0.2, 0) is 9.59 Å². The Morgan fingerprint density at radius 2 is 2.39 bits per heavy atom. The Hall–Kier alpha value is -1.10. The number of amides is 2. The lowest BCUT2D eigenvalue weighted by atomic mass is 9.99. The van der Waals surface area contributed by atoms with Crippen LogP contribution < -0.4 is 10.6 Å². The Morgan fingerprint density at radius 1 is 1.56 bits per heavy atom. The van der Waals surface area contributed by atoms with Gasteiger partial charge in [0.25, 0.3) is 0 Å². The molecule has 5 heteroatoms. The average molecular weight is 253 g/mol. The van der Waals surface area contributed by atoms with Gasteiger partial charge in [0.05, 0.1) is 5.92 Å². The van der Waals surface area contributed by atoms with Crippen molar-refractivity contribution in [3.05, 3.63) is 0 Å². The maximum absolute atomic E-state index is 12.0. The first-order valence-corrected chi connectivity index (χ1v) is 6.97. The van der Waals surface area contributed by atoms with E-state index in [0.29, 0.717) is 25.4 Å². The third kappa shape index (κ3) is 3.22. The Bertz CT molecular complexity index is 313. The fourth-order valence-electron chi connectivity index (χ4n) is 2.74. The number of piperidine rings is 1. The van der Waals surface area contributed by atoms with Gasteiger partial charge in [-0.2, -0.15) is 0 Å². The molecule has 0 aliphatic carbocycles. The molecule has 2 aliphatic heterocycles. The van der Waals surface area contributed by atoms with Crippen LogP contribution in [0.5, 0.6) is 0 Å². The van der Waals surface area contributed by atoms with Crippen LogP contribution in [0.3, 0.4) is 0 Å². The van der Waals surface area contributed by atoms with Crippen LogP contribution in [0.15, 0.2) is 0 Å². The molecule has 102 valence electrons. The topological polar surface area (TPSA) is 61.4 Å². The van der Waals surface area contributed by atoms with Crippen molar-refractivity contribution in [1.29, 1.82) is 0 Å². The lowest BCUT2D eigenvalue weighted by Crippen LogP contribution is -2.40. The van der Waals surface area contributed by atoms with Gasteiger partial charge in [-0.1, -0.05) is 0 Å². The van der Waals surface area contributed by atoms with Crippen LogP contribution in [-0.4, -0.2) is 49.4 Å². The predicted molar refractivity (Wildman–Crippen MR) is 69.0 cm³/mol. The van der Waals surface area contributed by atoms with Crippen molar-refractivity contribution in [2.45, 2.75) is 26.2 Å². The molecule has 2 fully saturated rings. The molecule has 0 saturated carbocycles. The van der Waals surface area contributed by atoms with E-state index in [0.717, 1.165) is 19.6 Å². The van der Waals surface area contributed by atoms with Crippen molar-refractivity contribution >= 4 is 11.8 Å². The van der Waals surface area contributed by atoms with Crippen molar-refractivity contribution < 1.29 is 9.59 Å². The maximum atomic E-state index is 12.0. The van der Waals surface area contributed by atoms with E-state index in [1.165, 1.54) is 12.8 Å². The Kier molecular flexibility index (Phi) is 4.58. The molecule has 5 nitrogen and oxygen atoms in total. The van der Waals surface area contributed by atoms with Crippen LogP contribution in [0, 0.1) is 11.8 Å². The van der Waals surface area contributed by atoms with E-state index in [4.69, 9.17) is 0 Å². The summed E-state index contributed by atoms with van der Waals surface area (Å²) in [5.74, 6) is 0.554. The van der Waals surface area contributed by atoms with Crippen LogP contribution in [0.25, 0.3) is 0 Å². The normalized spacial score (nSPS) is 28.5. The summed E-state index contributed by atoms with van der Waals surface area (Å²) in [4.78, 5) is 25.3. The van der Waals surface area contributed by atoms with E-state index in [9.17, 15) is 9.59 Å². The van der Waals surface area contributed by atoms with Crippen molar-refractivity contribution in [1.82, 2.24) is 15.5 Å². The minimum absolute atomic E-state index is 0.0462. The number of nitrogens with one attached hydrogen (secondary N) is 2. The van der Waals surface area contributed by atoms with Crippen molar-refractivity contribution in [3.8, 4) is 0 Å². The smallest absolute Gasteiger partial charge is 0.225 e. The van der Waals surface area contributed by atoms with Gasteiger partial charge in [-0.15, -0.1) is 0 Å². The van der Waals surface area contributed by atoms with Gasteiger partial charge < -0.3 is 15.5 Å². The zero-order valence-electron chi connectivity index (χ0n) is 11.1. The predicted octanol–water partition coefficient (Wildman–Crippen LogP) is -0.0294. The number of carbonyl (C=O) groups excluding carboxylic acids is 2. The molecule has 2 atom stereocenters. The van der Waals surface area contributed by atoms with Crippen LogP contribution >= 0.6 is 0 Å². The summed E-state index contributed by atoms with van der Waals surface area (Å²) in [6.07, 6.45) is 2.74. The van der Waals surface area contributed by atoms with Gasteiger partial charge in [-0.05, 0) is 38.8 Å². The molecule has 18 heavy (non-hydrogen) atoms. The summed E-state index contributed by atoms with van der Waals surface area (Å²) in [7, 11) is 0. The maximum Gasteiger partial charge on any atom is 0.225 e. The first-order valence-electron chi connectivity index (χ1n) is 6.97. The van der Waals surface area contributed by atoms with Crippen LogP contribution in [0.4, 0.5) is 0 Å². The number of hydrogen-bond acceptors (Lipinski definition) is 3. The standard InChI is InChI=1S/C13H23N3O2/c1-2-16-9-11(6-12(16)17)13(18)15-8-10-4-3-5-14-7-10/h10-11,14H,2-9H2,1H3,(H,15,18). The number of nitrogens with zero attached hydrogens (tertiary/aromatic N) is 1. The second-order valence-corrected chi connectivity index (χ2v) is 5.29. The Balaban J connectivity index is 1.73. The third-order valence-corrected chi connectivity index (χ3v) is 3.93.